The maximum atomic E-state index is 13.4. The highest BCUT2D eigenvalue weighted by molar-refractivity contribution is 5.83. The number of aromatic nitrogens is 5. The SMILES string of the molecule is CCC[C@@H](c1nnnn1CCc1ccccc1)N(Cc1ccccc1)Cc1cc2cc3c(cc2[nH]c1=O)OCCO3. The number of benzene rings is 3. The first-order chi connectivity index (χ1) is 20.2. The van der Waals surface area contributed by atoms with Gasteiger partial charge in [-0.05, 0) is 46.5 Å². The summed E-state index contributed by atoms with van der Waals surface area (Å²) in [7, 11) is 0. The highest BCUT2D eigenvalue weighted by Gasteiger charge is 2.27. The molecule has 0 amide bonds. The highest BCUT2D eigenvalue weighted by Crippen LogP contribution is 2.34. The summed E-state index contributed by atoms with van der Waals surface area (Å²) in [6, 6.07) is 26.4. The van der Waals surface area contributed by atoms with Crippen LogP contribution < -0.4 is 15.0 Å². The van der Waals surface area contributed by atoms with Gasteiger partial charge in [0.2, 0.25) is 0 Å². The molecular formula is C32H34N6O3. The lowest BCUT2D eigenvalue weighted by atomic mass is 10.0. The average Bonchev–Trinajstić information content (AvgIpc) is 3.47. The van der Waals surface area contributed by atoms with Crippen LogP contribution in [0.5, 0.6) is 11.5 Å². The van der Waals surface area contributed by atoms with E-state index in [0.717, 1.165) is 41.6 Å². The Hall–Kier alpha value is -4.50. The van der Waals surface area contributed by atoms with Gasteiger partial charge in [-0.25, -0.2) is 4.68 Å². The number of H-pyrrole nitrogens is 1. The van der Waals surface area contributed by atoms with Gasteiger partial charge in [-0.2, -0.15) is 0 Å². The molecule has 0 fully saturated rings. The third kappa shape index (κ3) is 6.15. The van der Waals surface area contributed by atoms with Gasteiger partial charge in [-0.15, -0.1) is 5.10 Å². The van der Waals surface area contributed by atoms with Gasteiger partial charge in [0, 0.05) is 36.7 Å². The summed E-state index contributed by atoms with van der Waals surface area (Å²) in [5.41, 5.74) is 3.68. The number of hydrogen-bond acceptors (Lipinski definition) is 7. The van der Waals surface area contributed by atoms with Crippen molar-refractivity contribution in [1.82, 2.24) is 30.1 Å². The summed E-state index contributed by atoms with van der Waals surface area (Å²) in [4.78, 5) is 18.8. The highest BCUT2D eigenvalue weighted by atomic mass is 16.6. The van der Waals surface area contributed by atoms with Crippen molar-refractivity contribution in [3.05, 3.63) is 112 Å². The fraction of sp³-hybridized carbons (Fsp3) is 0.312. The normalized spacial score (nSPS) is 13.5. The van der Waals surface area contributed by atoms with Crippen LogP contribution >= 0.6 is 0 Å². The molecule has 3 aromatic carbocycles. The zero-order valence-corrected chi connectivity index (χ0v) is 23.2. The Kier molecular flexibility index (Phi) is 8.04. The van der Waals surface area contributed by atoms with Gasteiger partial charge >= 0.3 is 0 Å². The molecular weight excluding hydrogens is 516 g/mol. The van der Waals surface area contributed by atoms with E-state index in [4.69, 9.17) is 9.47 Å². The second-order valence-electron chi connectivity index (χ2n) is 10.4. The molecule has 1 atom stereocenters. The first-order valence-electron chi connectivity index (χ1n) is 14.2. The Morgan fingerprint density at radius 3 is 2.37 bits per heavy atom. The number of tetrazole rings is 1. The predicted molar refractivity (Wildman–Crippen MR) is 157 cm³/mol. The lowest BCUT2D eigenvalue weighted by molar-refractivity contribution is 0.155. The van der Waals surface area contributed by atoms with Crippen molar-refractivity contribution < 1.29 is 9.47 Å². The number of nitrogens with one attached hydrogen (secondary N) is 1. The monoisotopic (exact) mass is 550 g/mol. The first kappa shape index (κ1) is 26.7. The van der Waals surface area contributed by atoms with Crippen molar-refractivity contribution in [1.29, 1.82) is 0 Å². The number of nitrogens with zero attached hydrogens (tertiary/aromatic N) is 5. The van der Waals surface area contributed by atoms with Gasteiger partial charge in [0.15, 0.2) is 17.3 Å². The summed E-state index contributed by atoms with van der Waals surface area (Å²) >= 11 is 0. The minimum atomic E-state index is -0.119. The van der Waals surface area contributed by atoms with Crippen molar-refractivity contribution in [3.8, 4) is 11.5 Å². The number of pyridine rings is 1. The van der Waals surface area contributed by atoms with E-state index in [2.05, 4.69) is 56.6 Å². The van der Waals surface area contributed by atoms with Crippen LogP contribution in [-0.2, 0) is 26.1 Å². The van der Waals surface area contributed by atoms with Crippen LogP contribution in [-0.4, -0.2) is 43.3 Å². The summed E-state index contributed by atoms with van der Waals surface area (Å²) in [6.45, 7) is 4.94. The van der Waals surface area contributed by atoms with Crippen LogP contribution in [0.15, 0.2) is 83.7 Å². The molecule has 6 rings (SSSR count). The molecule has 9 heteroatoms. The molecule has 0 saturated carbocycles. The van der Waals surface area contributed by atoms with E-state index in [9.17, 15) is 4.79 Å². The zero-order chi connectivity index (χ0) is 28.0. The van der Waals surface area contributed by atoms with Gasteiger partial charge in [0.25, 0.3) is 5.56 Å². The lowest BCUT2D eigenvalue weighted by Gasteiger charge is -2.31. The molecule has 3 heterocycles. The number of ether oxygens (including phenoxy) is 2. The molecule has 1 aliphatic rings. The molecule has 2 aromatic heterocycles. The van der Waals surface area contributed by atoms with Crippen LogP contribution in [0, 0.1) is 0 Å². The van der Waals surface area contributed by atoms with E-state index >= 15 is 0 Å². The minimum absolute atomic E-state index is 0.0821. The topological polar surface area (TPSA) is 98.2 Å². The van der Waals surface area contributed by atoms with Gasteiger partial charge in [-0.3, -0.25) is 9.69 Å². The molecule has 0 bridgehead atoms. The molecule has 1 N–H and O–H groups in total. The maximum absolute atomic E-state index is 13.4. The summed E-state index contributed by atoms with van der Waals surface area (Å²) in [6.07, 6.45) is 2.62. The first-order valence-corrected chi connectivity index (χ1v) is 14.2. The smallest absolute Gasteiger partial charge is 0.252 e. The number of aromatic amines is 1. The van der Waals surface area contributed by atoms with E-state index in [1.165, 1.54) is 5.56 Å². The fourth-order valence-electron chi connectivity index (χ4n) is 5.46. The van der Waals surface area contributed by atoms with E-state index in [1.807, 2.05) is 59.3 Å². The number of hydrogen-bond donors (Lipinski definition) is 1. The van der Waals surface area contributed by atoms with Gasteiger partial charge in [-0.1, -0.05) is 74.0 Å². The van der Waals surface area contributed by atoms with Crippen molar-refractivity contribution in [2.75, 3.05) is 13.2 Å². The van der Waals surface area contributed by atoms with E-state index in [0.29, 0.717) is 49.9 Å². The Morgan fingerprint density at radius 2 is 1.63 bits per heavy atom. The molecule has 0 saturated heterocycles. The van der Waals surface area contributed by atoms with Crippen LogP contribution in [0.2, 0.25) is 0 Å². The van der Waals surface area contributed by atoms with Crippen molar-refractivity contribution in [2.24, 2.45) is 0 Å². The minimum Gasteiger partial charge on any atom is -0.486 e. The maximum Gasteiger partial charge on any atom is 0.252 e. The van der Waals surface area contributed by atoms with Gasteiger partial charge in [0.1, 0.15) is 13.2 Å². The number of rotatable bonds is 11. The van der Waals surface area contributed by atoms with E-state index in [1.54, 1.807) is 0 Å². The van der Waals surface area contributed by atoms with Crippen LogP contribution in [0.25, 0.3) is 10.9 Å². The third-order valence-electron chi connectivity index (χ3n) is 7.50. The van der Waals surface area contributed by atoms with Crippen LogP contribution in [0.3, 0.4) is 0 Å². The molecule has 1 aliphatic heterocycles. The molecule has 0 spiro atoms. The average molecular weight is 551 g/mol. The summed E-state index contributed by atoms with van der Waals surface area (Å²) < 4.78 is 13.4. The quantitative estimate of drug-likeness (QED) is 0.245. The molecule has 0 radical (unpaired) electrons. The Balaban J connectivity index is 1.34. The van der Waals surface area contributed by atoms with E-state index in [-0.39, 0.29) is 11.6 Å². The second kappa shape index (κ2) is 12.3. The van der Waals surface area contributed by atoms with Crippen LogP contribution in [0.4, 0.5) is 0 Å². The van der Waals surface area contributed by atoms with Gasteiger partial charge < -0.3 is 14.5 Å². The predicted octanol–water partition coefficient (Wildman–Crippen LogP) is 5.07. The fourth-order valence-corrected chi connectivity index (χ4v) is 5.46. The molecule has 210 valence electrons. The van der Waals surface area contributed by atoms with Crippen molar-refractivity contribution in [3.63, 3.8) is 0 Å². The van der Waals surface area contributed by atoms with Crippen LogP contribution in [0.1, 0.15) is 48.3 Å². The number of fused-ring (bicyclic) bond motifs is 2. The summed E-state index contributed by atoms with van der Waals surface area (Å²) in [5, 5.41) is 13.9. The molecule has 0 unspecified atom stereocenters. The van der Waals surface area contributed by atoms with Gasteiger partial charge in [0.05, 0.1) is 11.6 Å². The Labute approximate surface area is 238 Å². The number of aryl methyl sites for hydroxylation is 2. The zero-order valence-electron chi connectivity index (χ0n) is 23.2. The standard InChI is InChI=1S/C32H34N6O3/c1-2-9-28(31-34-35-36-38(31)15-14-23-10-5-3-6-11-23)37(21-24-12-7-4-8-13-24)22-26-18-25-19-29-30(41-17-16-40-29)20-27(25)33-32(26)39/h3-8,10-13,18-20,28H,2,9,14-17,21-22H2,1H3,(H,33,39)/t28-/m0/s1. The van der Waals surface area contributed by atoms with Crippen molar-refractivity contribution >= 4 is 10.9 Å². The lowest BCUT2D eigenvalue weighted by Crippen LogP contribution is -2.32. The third-order valence-corrected chi connectivity index (χ3v) is 7.50. The molecule has 41 heavy (non-hydrogen) atoms. The molecule has 9 nitrogen and oxygen atoms in total. The molecule has 0 aliphatic carbocycles. The Morgan fingerprint density at radius 1 is 0.927 bits per heavy atom. The molecule has 5 aromatic rings. The van der Waals surface area contributed by atoms with Crippen molar-refractivity contribution in [2.45, 2.75) is 51.9 Å². The summed E-state index contributed by atoms with van der Waals surface area (Å²) in [5.74, 6) is 2.17. The van der Waals surface area contributed by atoms with E-state index < -0.39 is 0 Å². The second-order valence-corrected chi connectivity index (χ2v) is 10.4. The Bertz CT molecular complexity index is 1650. The largest absolute Gasteiger partial charge is 0.486 e.